The summed E-state index contributed by atoms with van der Waals surface area (Å²) in [4.78, 5) is 20.9. The summed E-state index contributed by atoms with van der Waals surface area (Å²) in [6.07, 6.45) is 3.22. The molecule has 2 N–H and O–H groups in total. The molecular formula is C10H7N5O. The summed E-state index contributed by atoms with van der Waals surface area (Å²) in [7, 11) is 0. The number of nitrogens with zero attached hydrogens (tertiary/aromatic N) is 3. The first-order valence-electron chi connectivity index (χ1n) is 4.46. The molecule has 0 fully saturated rings. The molecule has 0 aliphatic heterocycles. The molecule has 0 amide bonds. The second kappa shape index (κ2) is 4.23. The lowest BCUT2D eigenvalue weighted by molar-refractivity contribution is 1.06. The van der Waals surface area contributed by atoms with Crippen molar-refractivity contribution in [3.63, 3.8) is 0 Å². The minimum atomic E-state index is -0.560. The highest BCUT2D eigenvalue weighted by Gasteiger charge is 2.00. The Kier molecular flexibility index (Phi) is 2.61. The van der Waals surface area contributed by atoms with Crippen LogP contribution in [-0.4, -0.2) is 15.0 Å². The number of aromatic nitrogens is 3. The van der Waals surface area contributed by atoms with Crippen LogP contribution in [0, 0.1) is 11.3 Å². The van der Waals surface area contributed by atoms with Crippen molar-refractivity contribution in [3.05, 3.63) is 46.8 Å². The SMILES string of the molecule is N#Cc1cc(Nc2ccncc2)nc(=O)[nH]1. The van der Waals surface area contributed by atoms with E-state index < -0.39 is 5.69 Å². The predicted octanol–water partition coefficient (Wildman–Crippen LogP) is 0.780. The van der Waals surface area contributed by atoms with Crippen molar-refractivity contribution < 1.29 is 0 Å². The molecule has 2 rings (SSSR count). The third kappa shape index (κ3) is 2.22. The Balaban J connectivity index is 2.33. The molecule has 78 valence electrons. The maximum absolute atomic E-state index is 11.1. The molecule has 2 heterocycles. The summed E-state index contributed by atoms with van der Waals surface area (Å²) in [5.74, 6) is 0.325. The van der Waals surface area contributed by atoms with E-state index in [2.05, 4.69) is 20.3 Å². The number of nitrogens with one attached hydrogen (secondary N) is 2. The number of aromatic amines is 1. The molecule has 0 saturated carbocycles. The van der Waals surface area contributed by atoms with E-state index in [9.17, 15) is 4.79 Å². The van der Waals surface area contributed by atoms with Gasteiger partial charge in [0.1, 0.15) is 17.6 Å². The number of hydrogen-bond donors (Lipinski definition) is 2. The second-order valence-corrected chi connectivity index (χ2v) is 2.96. The smallest absolute Gasteiger partial charge is 0.340 e. The molecule has 0 spiro atoms. The van der Waals surface area contributed by atoms with E-state index in [1.54, 1.807) is 24.5 Å². The van der Waals surface area contributed by atoms with E-state index in [-0.39, 0.29) is 5.69 Å². The van der Waals surface area contributed by atoms with Gasteiger partial charge in [-0.1, -0.05) is 0 Å². The van der Waals surface area contributed by atoms with Crippen LogP contribution in [0.2, 0.25) is 0 Å². The third-order valence-corrected chi connectivity index (χ3v) is 1.82. The molecule has 0 aromatic carbocycles. The summed E-state index contributed by atoms with van der Waals surface area (Å²) in [5.41, 5.74) is 0.351. The van der Waals surface area contributed by atoms with Gasteiger partial charge in [0.15, 0.2) is 0 Å². The quantitative estimate of drug-likeness (QED) is 0.768. The standard InChI is InChI=1S/C10H7N5O/c11-6-8-5-9(15-10(16)14-8)13-7-1-3-12-4-2-7/h1-5H,(H2,12,13,14,15,16). The molecule has 0 saturated heterocycles. The van der Waals surface area contributed by atoms with E-state index in [0.717, 1.165) is 5.69 Å². The zero-order valence-corrected chi connectivity index (χ0v) is 8.14. The average molecular weight is 213 g/mol. The Morgan fingerprint density at radius 2 is 2.12 bits per heavy atom. The average Bonchev–Trinajstić information content (AvgIpc) is 2.29. The molecule has 0 bridgehead atoms. The summed E-state index contributed by atoms with van der Waals surface area (Å²) in [5, 5.41) is 11.6. The largest absolute Gasteiger partial charge is 0.347 e. The highest BCUT2D eigenvalue weighted by molar-refractivity contribution is 5.55. The molecule has 0 aliphatic carbocycles. The lowest BCUT2D eigenvalue weighted by Gasteiger charge is -2.03. The van der Waals surface area contributed by atoms with E-state index in [0.29, 0.717) is 5.82 Å². The Labute approximate surface area is 90.6 Å². The van der Waals surface area contributed by atoms with Crippen molar-refractivity contribution in [2.45, 2.75) is 0 Å². The molecule has 2 aromatic heterocycles. The van der Waals surface area contributed by atoms with Crippen molar-refractivity contribution in [1.82, 2.24) is 15.0 Å². The lowest BCUT2D eigenvalue weighted by Crippen LogP contribution is -2.13. The Hall–Kier alpha value is -2.68. The first kappa shape index (κ1) is 9.86. The van der Waals surface area contributed by atoms with Gasteiger partial charge in [-0.15, -0.1) is 0 Å². The number of nitriles is 1. The molecule has 2 aromatic rings. The van der Waals surface area contributed by atoms with Crippen molar-refractivity contribution in [2.75, 3.05) is 5.32 Å². The van der Waals surface area contributed by atoms with E-state index in [4.69, 9.17) is 5.26 Å². The van der Waals surface area contributed by atoms with Crippen LogP contribution in [0.5, 0.6) is 0 Å². The maximum atomic E-state index is 11.1. The van der Waals surface area contributed by atoms with Crippen LogP contribution in [0.3, 0.4) is 0 Å². The van der Waals surface area contributed by atoms with Gasteiger partial charge in [0.2, 0.25) is 0 Å². The minimum Gasteiger partial charge on any atom is -0.340 e. The lowest BCUT2D eigenvalue weighted by atomic mass is 10.4. The van der Waals surface area contributed by atoms with E-state index in [1.807, 2.05) is 6.07 Å². The van der Waals surface area contributed by atoms with Crippen LogP contribution in [0.4, 0.5) is 11.5 Å². The van der Waals surface area contributed by atoms with Crippen molar-refractivity contribution in [1.29, 1.82) is 5.26 Å². The van der Waals surface area contributed by atoms with Crippen molar-refractivity contribution >= 4 is 11.5 Å². The van der Waals surface area contributed by atoms with Crippen LogP contribution in [-0.2, 0) is 0 Å². The van der Waals surface area contributed by atoms with Crippen LogP contribution >= 0.6 is 0 Å². The zero-order valence-electron chi connectivity index (χ0n) is 8.14. The van der Waals surface area contributed by atoms with Crippen molar-refractivity contribution in [3.8, 4) is 6.07 Å². The second-order valence-electron chi connectivity index (χ2n) is 2.96. The monoisotopic (exact) mass is 213 g/mol. The molecule has 16 heavy (non-hydrogen) atoms. The van der Waals surface area contributed by atoms with Gasteiger partial charge in [-0.25, -0.2) is 4.79 Å². The number of H-pyrrole nitrogens is 1. The number of hydrogen-bond acceptors (Lipinski definition) is 5. The van der Waals surface area contributed by atoms with E-state index in [1.165, 1.54) is 6.07 Å². The minimum absolute atomic E-state index is 0.163. The van der Waals surface area contributed by atoms with Gasteiger partial charge < -0.3 is 5.32 Å². The summed E-state index contributed by atoms with van der Waals surface area (Å²) in [6, 6.07) is 6.77. The van der Waals surface area contributed by atoms with Gasteiger partial charge in [-0.05, 0) is 12.1 Å². The highest BCUT2D eigenvalue weighted by Crippen LogP contribution is 2.11. The van der Waals surface area contributed by atoms with E-state index >= 15 is 0 Å². The fraction of sp³-hybridized carbons (Fsp3) is 0. The number of rotatable bonds is 2. The Morgan fingerprint density at radius 1 is 1.38 bits per heavy atom. The first-order valence-corrected chi connectivity index (χ1v) is 4.46. The van der Waals surface area contributed by atoms with Crippen LogP contribution in [0.15, 0.2) is 35.4 Å². The summed E-state index contributed by atoms with van der Waals surface area (Å²) < 4.78 is 0. The normalized spacial score (nSPS) is 9.44. The number of anilines is 2. The molecule has 0 atom stereocenters. The van der Waals surface area contributed by atoms with Crippen molar-refractivity contribution in [2.24, 2.45) is 0 Å². The summed E-state index contributed by atoms with van der Waals surface area (Å²) >= 11 is 0. The fourth-order valence-corrected chi connectivity index (χ4v) is 1.17. The predicted molar refractivity (Wildman–Crippen MR) is 57.1 cm³/mol. The fourth-order valence-electron chi connectivity index (χ4n) is 1.17. The third-order valence-electron chi connectivity index (χ3n) is 1.82. The van der Waals surface area contributed by atoms with Gasteiger partial charge >= 0.3 is 5.69 Å². The molecular weight excluding hydrogens is 206 g/mol. The van der Waals surface area contributed by atoms with Crippen LogP contribution in [0.1, 0.15) is 5.69 Å². The van der Waals surface area contributed by atoms with Gasteiger partial charge in [0.25, 0.3) is 0 Å². The first-order chi connectivity index (χ1) is 7.78. The van der Waals surface area contributed by atoms with Gasteiger partial charge in [0.05, 0.1) is 0 Å². The molecule has 6 nitrogen and oxygen atoms in total. The molecule has 0 radical (unpaired) electrons. The number of pyridine rings is 1. The van der Waals surface area contributed by atoms with Crippen LogP contribution in [0.25, 0.3) is 0 Å². The molecule has 0 aliphatic rings. The topological polar surface area (TPSA) is 94.5 Å². The molecule has 6 heteroatoms. The van der Waals surface area contributed by atoms with Gasteiger partial charge in [-0.3, -0.25) is 9.97 Å². The summed E-state index contributed by atoms with van der Waals surface area (Å²) in [6.45, 7) is 0. The van der Waals surface area contributed by atoms with Crippen LogP contribution < -0.4 is 11.0 Å². The van der Waals surface area contributed by atoms with Gasteiger partial charge in [0, 0.05) is 24.1 Å². The Morgan fingerprint density at radius 3 is 2.81 bits per heavy atom. The zero-order chi connectivity index (χ0) is 11.4. The molecule has 0 unspecified atom stereocenters. The Bertz CT molecular complexity index is 584. The maximum Gasteiger partial charge on any atom is 0.347 e. The highest BCUT2D eigenvalue weighted by atomic mass is 16.1. The van der Waals surface area contributed by atoms with Gasteiger partial charge in [-0.2, -0.15) is 10.2 Å².